The lowest BCUT2D eigenvalue weighted by atomic mass is 9.95. The number of aromatic nitrogens is 2. The molecule has 6 nitrogen and oxygen atoms in total. The Kier molecular flexibility index (Phi) is 5.88. The fourth-order valence-corrected chi connectivity index (χ4v) is 4.20. The molecule has 0 bridgehead atoms. The van der Waals surface area contributed by atoms with Crippen molar-refractivity contribution >= 4 is 38.7 Å². The smallest absolute Gasteiger partial charge is 0.282 e. The minimum atomic E-state index is -0.360. The Morgan fingerprint density at radius 2 is 1.87 bits per heavy atom. The van der Waals surface area contributed by atoms with Crippen molar-refractivity contribution in [1.82, 2.24) is 9.66 Å². The monoisotopic (exact) mass is 482 g/mol. The molecule has 31 heavy (non-hydrogen) atoms. The molecule has 0 spiro atoms. The maximum absolute atomic E-state index is 13.3. The van der Waals surface area contributed by atoms with E-state index < -0.39 is 0 Å². The summed E-state index contributed by atoms with van der Waals surface area (Å²) < 4.78 is 7.86. The first kappa shape index (κ1) is 21.6. The fraction of sp³-hybridized carbons (Fsp3) is 0.375. The number of ether oxygens (including phenoxy) is 1. The van der Waals surface area contributed by atoms with E-state index in [4.69, 9.17) is 9.72 Å². The van der Waals surface area contributed by atoms with Gasteiger partial charge in [-0.2, -0.15) is 9.78 Å². The molecular formula is C24H27BrN4O2. The predicted octanol–water partition coefficient (Wildman–Crippen LogP) is 4.95. The number of fused-ring (bicyclic) bond motifs is 1. The van der Waals surface area contributed by atoms with Gasteiger partial charge in [-0.15, -0.1) is 0 Å². The first-order valence-corrected chi connectivity index (χ1v) is 11.3. The molecule has 0 atom stereocenters. The van der Waals surface area contributed by atoms with Crippen molar-refractivity contribution < 1.29 is 4.74 Å². The molecule has 2 heterocycles. The number of anilines is 1. The van der Waals surface area contributed by atoms with E-state index in [0.717, 1.165) is 34.6 Å². The van der Waals surface area contributed by atoms with Gasteiger partial charge in [-0.3, -0.25) is 4.79 Å². The molecule has 0 saturated carbocycles. The van der Waals surface area contributed by atoms with Gasteiger partial charge in [0, 0.05) is 40.3 Å². The lowest BCUT2D eigenvalue weighted by molar-refractivity contribution is 0.414. The molecule has 1 saturated heterocycles. The third-order valence-electron chi connectivity index (χ3n) is 5.48. The average molecular weight is 483 g/mol. The molecule has 162 valence electrons. The summed E-state index contributed by atoms with van der Waals surface area (Å²) in [7, 11) is 1.66. The van der Waals surface area contributed by atoms with Crippen molar-refractivity contribution in [2.75, 3.05) is 25.1 Å². The molecule has 3 aromatic rings. The van der Waals surface area contributed by atoms with Gasteiger partial charge in [0.25, 0.3) is 5.56 Å². The zero-order valence-electron chi connectivity index (χ0n) is 18.4. The van der Waals surface area contributed by atoms with Crippen molar-refractivity contribution in [1.29, 1.82) is 0 Å². The van der Waals surface area contributed by atoms with Crippen LogP contribution < -0.4 is 15.2 Å². The predicted molar refractivity (Wildman–Crippen MR) is 130 cm³/mol. The molecular weight excluding hydrogens is 456 g/mol. The third-order valence-corrected chi connectivity index (χ3v) is 5.97. The molecule has 0 N–H and O–H groups in total. The van der Waals surface area contributed by atoms with Gasteiger partial charge < -0.3 is 9.64 Å². The minimum Gasteiger partial charge on any atom is -0.496 e. The topological polar surface area (TPSA) is 59.7 Å². The van der Waals surface area contributed by atoms with E-state index in [-0.39, 0.29) is 11.0 Å². The summed E-state index contributed by atoms with van der Waals surface area (Å²) in [6.07, 6.45) is 4.11. The van der Waals surface area contributed by atoms with Gasteiger partial charge in [0.2, 0.25) is 0 Å². The van der Waals surface area contributed by atoms with Crippen LogP contribution >= 0.6 is 15.9 Å². The van der Waals surface area contributed by atoms with Crippen molar-refractivity contribution in [2.45, 2.75) is 39.0 Å². The second-order valence-corrected chi connectivity index (χ2v) is 9.74. The molecule has 0 amide bonds. The van der Waals surface area contributed by atoms with Gasteiger partial charge in [0.05, 0.1) is 24.2 Å². The van der Waals surface area contributed by atoms with E-state index in [1.165, 1.54) is 17.5 Å². The van der Waals surface area contributed by atoms with Crippen molar-refractivity contribution in [3.05, 3.63) is 62.6 Å². The van der Waals surface area contributed by atoms with Crippen molar-refractivity contribution in [2.24, 2.45) is 5.10 Å². The average Bonchev–Trinajstić information content (AvgIpc) is 3.27. The summed E-state index contributed by atoms with van der Waals surface area (Å²) in [5.74, 6) is 1.34. The van der Waals surface area contributed by atoms with E-state index in [0.29, 0.717) is 16.7 Å². The van der Waals surface area contributed by atoms with E-state index in [9.17, 15) is 4.79 Å². The Labute approximate surface area is 190 Å². The standard InChI is InChI=1S/C24H27BrN4O2/c1-24(2,3)23-27-20-10-8-17(25)13-19(20)22(30)29(23)26-15-16-7-9-18(14-21(16)31-4)28-11-5-6-12-28/h7-10,13-15H,5-6,11-12H2,1-4H3. The Bertz CT molecular complexity index is 1200. The summed E-state index contributed by atoms with van der Waals surface area (Å²) in [5.41, 5.74) is 2.07. The van der Waals surface area contributed by atoms with Crippen molar-refractivity contribution in [3.63, 3.8) is 0 Å². The number of rotatable bonds is 4. The molecule has 4 rings (SSSR count). The van der Waals surface area contributed by atoms with Gasteiger partial charge in [0.1, 0.15) is 11.6 Å². The Morgan fingerprint density at radius 1 is 1.13 bits per heavy atom. The number of hydrogen-bond acceptors (Lipinski definition) is 5. The van der Waals surface area contributed by atoms with Gasteiger partial charge in [-0.25, -0.2) is 4.98 Å². The van der Waals surface area contributed by atoms with Crippen LogP contribution in [0.1, 0.15) is 45.0 Å². The number of nitrogens with zero attached hydrogens (tertiary/aromatic N) is 4. The van der Waals surface area contributed by atoms with Crippen LogP contribution in [-0.2, 0) is 5.41 Å². The highest BCUT2D eigenvalue weighted by Crippen LogP contribution is 2.28. The minimum absolute atomic E-state index is 0.194. The first-order chi connectivity index (χ1) is 14.8. The van der Waals surface area contributed by atoms with E-state index >= 15 is 0 Å². The lowest BCUT2D eigenvalue weighted by Crippen LogP contribution is -2.29. The highest BCUT2D eigenvalue weighted by Gasteiger charge is 2.23. The molecule has 0 aliphatic carbocycles. The fourth-order valence-electron chi connectivity index (χ4n) is 3.84. The van der Waals surface area contributed by atoms with Gasteiger partial charge in [-0.05, 0) is 43.2 Å². The number of hydrogen-bond donors (Lipinski definition) is 0. The number of halogens is 1. The normalized spacial score (nSPS) is 14.7. The maximum atomic E-state index is 13.3. The second kappa shape index (κ2) is 8.46. The highest BCUT2D eigenvalue weighted by atomic mass is 79.9. The quantitative estimate of drug-likeness (QED) is 0.493. The molecule has 1 aromatic heterocycles. The largest absolute Gasteiger partial charge is 0.496 e. The zero-order valence-corrected chi connectivity index (χ0v) is 19.9. The Morgan fingerprint density at radius 3 is 2.55 bits per heavy atom. The van der Waals surface area contributed by atoms with Crippen LogP contribution in [0.2, 0.25) is 0 Å². The molecule has 2 aromatic carbocycles. The second-order valence-electron chi connectivity index (χ2n) is 8.83. The lowest BCUT2D eigenvalue weighted by Gasteiger charge is -2.21. The molecule has 1 aliphatic heterocycles. The van der Waals surface area contributed by atoms with E-state index in [1.807, 2.05) is 45.0 Å². The summed E-state index contributed by atoms with van der Waals surface area (Å²) in [6.45, 7) is 8.21. The number of methoxy groups -OCH3 is 1. The van der Waals surface area contributed by atoms with Crippen molar-refractivity contribution in [3.8, 4) is 5.75 Å². The van der Waals surface area contributed by atoms with Gasteiger partial charge in [-0.1, -0.05) is 36.7 Å². The SMILES string of the molecule is COc1cc(N2CCCC2)ccc1C=Nn1c(C(C)(C)C)nc2ccc(Br)cc2c1=O. The zero-order chi connectivity index (χ0) is 22.2. The summed E-state index contributed by atoms with van der Waals surface area (Å²) in [6, 6.07) is 11.6. The molecule has 0 radical (unpaired) electrons. The van der Waals surface area contributed by atoms with Gasteiger partial charge in [0.15, 0.2) is 0 Å². The first-order valence-electron chi connectivity index (χ1n) is 10.5. The Balaban J connectivity index is 1.80. The summed E-state index contributed by atoms with van der Waals surface area (Å²) in [5, 5.41) is 5.09. The van der Waals surface area contributed by atoms with Crippen LogP contribution in [0.5, 0.6) is 5.75 Å². The molecule has 0 unspecified atom stereocenters. The summed E-state index contributed by atoms with van der Waals surface area (Å²) >= 11 is 3.44. The Hall–Kier alpha value is -2.67. The van der Waals surface area contributed by atoms with Gasteiger partial charge >= 0.3 is 0 Å². The van der Waals surface area contributed by atoms with Crippen LogP contribution in [0.15, 0.2) is 50.8 Å². The molecule has 7 heteroatoms. The van der Waals surface area contributed by atoms with Crippen LogP contribution in [-0.4, -0.2) is 36.1 Å². The third kappa shape index (κ3) is 4.37. The van der Waals surface area contributed by atoms with E-state index in [1.54, 1.807) is 19.4 Å². The molecule has 1 aliphatic rings. The maximum Gasteiger partial charge on any atom is 0.282 e. The number of benzene rings is 2. The van der Waals surface area contributed by atoms with Crippen LogP contribution in [0.25, 0.3) is 10.9 Å². The highest BCUT2D eigenvalue weighted by molar-refractivity contribution is 9.10. The van der Waals surface area contributed by atoms with Crippen LogP contribution in [0, 0.1) is 0 Å². The van der Waals surface area contributed by atoms with Crippen LogP contribution in [0.4, 0.5) is 5.69 Å². The van der Waals surface area contributed by atoms with E-state index in [2.05, 4.69) is 32.0 Å². The summed E-state index contributed by atoms with van der Waals surface area (Å²) in [4.78, 5) is 20.4. The molecule has 1 fully saturated rings. The van der Waals surface area contributed by atoms with Crippen LogP contribution in [0.3, 0.4) is 0 Å².